The lowest BCUT2D eigenvalue weighted by atomic mass is 9.98. The number of piperazine rings is 1. The molecule has 0 bridgehead atoms. The Kier molecular flexibility index (Phi) is 9.73. The van der Waals surface area contributed by atoms with Gasteiger partial charge in [0.15, 0.2) is 0 Å². The van der Waals surface area contributed by atoms with Gasteiger partial charge in [-0.05, 0) is 46.5 Å². The Hall–Kier alpha value is -5.88. The van der Waals surface area contributed by atoms with Gasteiger partial charge in [0.25, 0.3) is 0 Å². The molecule has 4 amide bonds. The summed E-state index contributed by atoms with van der Waals surface area (Å²) >= 11 is 0. The summed E-state index contributed by atoms with van der Waals surface area (Å²) < 4.78 is 1.92. The van der Waals surface area contributed by atoms with E-state index in [1.165, 1.54) is 0 Å². The number of carbonyl (C=O) groups excluding carboxylic acids is 3. The molecule has 2 saturated heterocycles. The van der Waals surface area contributed by atoms with Crippen LogP contribution in [0.15, 0.2) is 103 Å². The molecule has 258 valence electrons. The van der Waals surface area contributed by atoms with Crippen LogP contribution in [-0.4, -0.2) is 84.9 Å². The Morgan fingerprint density at radius 3 is 2.36 bits per heavy atom. The molecule has 0 saturated carbocycles. The van der Waals surface area contributed by atoms with E-state index in [-0.39, 0.29) is 57.1 Å². The summed E-state index contributed by atoms with van der Waals surface area (Å²) in [7, 11) is 1.71. The van der Waals surface area contributed by atoms with Crippen molar-refractivity contribution in [1.82, 2.24) is 34.9 Å². The maximum atomic E-state index is 14.5. The third kappa shape index (κ3) is 6.83. The number of amides is 4. The van der Waals surface area contributed by atoms with E-state index < -0.39 is 12.2 Å². The van der Waals surface area contributed by atoms with Crippen molar-refractivity contribution in [3.05, 3.63) is 126 Å². The molecule has 50 heavy (non-hydrogen) atoms. The minimum Gasteiger partial charge on any atom is -0.508 e. The van der Waals surface area contributed by atoms with Gasteiger partial charge in [0, 0.05) is 37.6 Å². The average molecular weight is 675 g/mol. The summed E-state index contributed by atoms with van der Waals surface area (Å²) in [5.41, 5.74) is 11.2. The maximum absolute atomic E-state index is 14.5. The van der Waals surface area contributed by atoms with Crippen molar-refractivity contribution in [2.75, 3.05) is 25.9 Å². The number of rotatable bonds is 8. The fourth-order valence-corrected chi connectivity index (χ4v) is 6.83. The molecule has 2 aliphatic heterocycles. The molecule has 1 aromatic heterocycles. The van der Waals surface area contributed by atoms with Crippen LogP contribution in [0.25, 0.3) is 10.9 Å². The van der Waals surface area contributed by atoms with Gasteiger partial charge in [0.1, 0.15) is 18.0 Å². The second kappa shape index (κ2) is 14.3. The standard InChI is InChI=1S/C37H38N8O4.CH4/c1-41-24-34(47)44-32(18-25-12-16-31(46)17-13-25)36(48)42(23-33(44)45(41)37(49)39-19-26-6-3-2-4-7-26)22-29-9-5-8-28-20-40-43(35(28)29)21-27-10-14-30(38)15-11-27;/h2-17,20,32-33,46H,18-19,21-24,38H2,1H3,(H,39,49);1H4/t32-,33-;/m0./s1. The number of nitrogen functional groups attached to an aromatic ring is 1. The SMILES string of the molecule is C.CN1CC(=O)N2[C@@H](Cc3ccc(O)cc3)C(=O)N(Cc3cccc4cnn(Cc5ccc(N)cc5)c34)C[C@@H]2N1C(=O)NCc1ccccc1. The minimum absolute atomic E-state index is 0. The summed E-state index contributed by atoms with van der Waals surface area (Å²) in [5, 5.41) is 21.7. The Balaban J connectivity index is 0.00000432. The number of nitrogens with zero attached hydrogens (tertiary/aromatic N) is 6. The van der Waals surface area contributed by atoms with Gasteiger partial charge in [-0.3, -0.25) is 14.3 Å². The van der Waals surface area contributed by atoms with Gasteiger partial charge in [-0.25, -0.2) is 14.8 Å². The van der Waals surface area contributed by atoms with E-state index in [4.69, 9.17) is 5.73 Å². The van der Waals surface area contributed by atoms with Gasteiger partial charge in [-0.2, -0.15) is 5.10 Å². The van der Waals surface area contributed by atoms with Crippen molar-refractivity contribution in [2.24, 2.45) is 0 Å². The van der Waals surface area contributed by atoms with Crippen molar-refractivity contribution in [1.29, 1.82) is 0 Å². The summed E-state index contributed by atoms with van der Waals surface area (Å²) in [4.78, 5) is 45.4. The van der Waals surface area contributed by atoms with Crippen molar-refractivity contribution in [3.8, 4) is 5.75 Å². The smallest absolute Gasteiger partial charge is 0.334 e. The van der Waals surface area contributed by atoms with Crippen LogP contribution < -0.4 is 11.1 Å². The molecule has 12 nitrogen and oxygen atoms in total. The molecule has 4 aromatic carbocycles. The summed E-state index contributed by atoms with van der Waals surface area (Å²) in [5.74, 6) is -0.340. The monoisotopic (exact) mass is 674 g/mol. The number of carbonyl (C=O) groups is 3. The lowest BCUT2D eigenvalue weighted by Gasteiger charge is -2.54. The molecule has 0 aliphatic carbocycles. The number of phenols is 1. The molecule has 7 rings (SSSR count). The number of aromatic nitrogens is 2. The number of likely N-dealkylation sites (N-methyl/N-ethyl adjacent to an activating group) is 1. The topological polar surface area (TPSA) is 140 Å². The minimum atomic E-state index is -0.868. The Morgan fingerprint density at radius 2 is 1.62 bits per heavy atom. The zero-order valence-electron chi connectivity index (χ0n) is 27.1. The van der Waals surface area contributed by atoms with Gasteiger partial charge in [0.05, 0.1) is 31.3 Å². The van der Waals surface area contributed by atoms with E-state index in [1.807, 2.05) is 83.7 Å². The summed E-state index contributed by atoms with van der Waals surface area (Å²) in [6, 6.07) is 28.6. The van der Waals surface area contributed by atoms with E-state index in [0.717, 1.165) is 33.2 Å². The van der Waals surface area contributed by atoms with Gasteiger partial charge >= 0.3 is 6.03 Å². The molecule has 12 heteroatoms. The third-order valence-corrected chi connectivity index (χ3v) is 9.22. The lowest BCUT2D eigenvalue weighted by molar-refractivity contribution is -0.187. The molecule has 4 N–H and O–H groups in total. The Labute approximate surface area is 291 Å². The number of nitrogens with two attached hydrogens (primary N) is 1. The highest BCUT2D eigenvalue weighted by molar-refractivity contribution is 5.92. The van der Waals surface area contributed by atoms with E-state index in [2.05, 4.69) is 10.4 Å². The quantitative estimate of drug-likeness (QED) is 0.210. The summed E-state index contributed by atoms with van der Waals surface area (Å²) in [6.45, 7) is 1.13. The van der Waals surface area contributed by atoms with Crippen LogP contribution in [0.5, 0.6) is 5.75 Å². The van der Waals surface area contributed by atoms with Crippen LogP contribution in [0, 0.1) is 0 Å². The van der Waals surface area contributed by atoms with E-state index in [9.17, 15) is 19.5 Å². The number of benzene rings is 4. The lowest BCUT2D eigenvalue weighted by Crippen LogP contribution is -2.76. The second-order valence-corrected chi connectivity index (χ2v) is 12.6. The highest BCUT2D eigenvalue weighted by Crippen LogP contribution is 2.30. The van der Waals surface area contributed by atoms with Crippen LogP contribution in [0.3, 0.4) is 0 Å². The van der Waals surface area contributed by atoms with E-state index in [0.29, 0.717) is 18.8 Å². The highest BCUT2D eigenvalue weighted by Gasteiger charge is 2.50. The number of hydrazine groups is 1. The molecule has 2 fully saturated rings. The van der Waals surface area contributed by atoms with Gasteiger partial charge in [-0.1, -0.05) is 80.2 Å². The number of hydrogen-bond donors (Lipinski definition) is 3. The van der Waals surface area contributed by atoms with Gasteiger partial charge < -0.3 is 26.0 Å². The number of hydrogen-bond acceptors (Lipinski definition) is 7. The van der Waals surface area contributed by atoms with Crippen molar-refractivity contribution in [3.63, 3.8) is 0 Å². The van der Waals surface area contributed by atoms with Gasteiger partial charge in [-0.15, -0.1) is 0 Å². The number of urea groups is 1. The molecule has 3 heterocycles. The predicted molar refractivity (Wildman–Crippen MR) is 191 cm³/mol. The zero-order chi connectivity index (χ0) is 34.1. The molecule has 0 spiro atoms. The molecule has 0 unspecified atom stereocenters. The maximum Gasteiger partial charge on any atom is 0.334 e. The number of para-hydroxylation sites is 1. The van der Waals surface area contributed by atoms with E-state index in [1.54, 1.807) is 51.1 Å². The molecule has 0 radical (unpaired) electrons. The number of phenolic OH excluding ortho intramolecular Hbond substituents is 1. The fraction of sp³-hybridized carbons (Fsp3) is 0.263. The van der Waals surface area contributed by atoms with Crippen molar-refractivity contribution >= 4 is 34.4 Å². The normalized spacial score (nSPS) is 17.8. The molecule has 5 aromatic rings. The predicted octanol–water partition coefficient (Wildman–Crippen LogP) is 4.19. The van der Waals surface area contributed by atoms with Crippen LogP contribution in [0.2, 0.25) is 0 Å². The number of anilines is 1. The van der Waals surface area contributed by atoms with Crippen LogP contribution in [0.1, 0.15) is 29.7 Å². The summed E-state index contributed by atoms with van der Waals surface area (Å²) in [6.07, 6.45) is 1.29. The van der Waals surface area contributed by atoms with Crippen LogP contribution in [0.4, 0.5) is 10.5 Å². The van der Waals surface area contributed by atoms with Crippen LogP contribution >= 0.6 is 0 Å². The fourth-order valence-electron chi connectivity index (χ4n) is 6.83. The average Bonchev–Trinajstić information content (AvgIpc) is 3.51. The number of nitrogens with one attached hydrogen (secondary N) is 1. The first-order chi connectivity index (χ1) is 23.7. The zero-order valence-corrected chi connectivity index (χ0v) is 27.1. The van der Waals surface area contributed by atoms with Gasteiger partial charge in [0.2, 0.25) is 11.8 Å². The number of fused-ring (bicyclic) bond motifs is 2. The largest absolute Gasteiger partial charge is 0.508 e. The number of aromatic hydroxyl groups is 1. The van der Waals surface area contributed by atoms with Crippen molar-refractivity contribution in [2.45, 2.75) is 45.7 Å². The van der Waals surface area contributed by atoms with Crippen molar-refractivity contribution < 1.29 is 19.5 Å². The molecular formula is C38H42N8O4. The van der Waals surface area contributed by atoms with Crippen LogP contribution in [-0.2, 0) is 35.6 Å². The van der Waals surface area contributed by atoms with E-state index >= 15 is 0 Å². The first kappa shape index (κ1) is 34.0. The molecule has 2 aliphatic rings. The first-order valence-electron chi connectivity index (χ1n) is 16.2. The second-order valence-electron chi connectivity index (χ2n) is 12.6. The third-order valence-electron chi connectivity index (χ3n) is 9.22. The molecule has 2 atom stereocenters. The Bertz CT molecular complexity index is 1980. The highest BCUT2D eigenvalue weighted by atomic mass is 16.3. The Morgan fingerprint density at radius 1 is 0.900 bits per heavy atom. The molecular weight excluding hydrogens is 632 g/mol. The first-order valence-corrected chi connectivity index (χ1v) is 16.2.